The van der Waals surface area contributed by atoms with Crippen LogP contribution in [0.4, 0.5) is 10.5 Å². The van der Waals surface area contributed by atoms with E-state index in [-0.39, 0.29) is 57.5 Å². The molecule has 2 aliphatic rings. The number of Topliss-reactive ketones (excluding diaryl/α,β-unsaturated/α-hetero) is 1. The highest BCUT2D eigenvalue weighted by Gasteiger charge is 2.47. The molecular formula is C24H30Cl2N4O7S2. The number of methoxy groups -OCH3 is 2. The molecule has 2 saturated heterocycles. The molecule has 4 rings (SSSR count). The molecule has 1 aromatic heterocycles. The molecule has 3 heterocycles. The fraction of sp³-hybridized carbons (Fsp3) is 0.458. The van der Waals surface area contributed by atoms with Gasteiger partial charge in [0.1, 0.15) is 21.2 Å². The van der Waals surface area contributed by atoms with E-state index in [4.69, 9.17) is 21.1 Å². The number of anilines is 1. The van der Waals surface area contributed by atoms with Gasteiger partial charge in [0.25, 0.3) is 15.9 Å². The third-order valence-corrected chi connectivity index (χ3v) is 9.82. The van der Waals surface area contributed by atoms with Crippen LogP contribution in [-0.4, -0.2) is 70.4 Å². The molecule has 2 fully saturated rings. The van der Waals surface area contributed by atoms with Gasteiger partial charge in [0.2, 0.25) is 0 Å². The number of hydrogen-bond acceptors (Lipinski definition) is 9. The van der Waals surface area contributed by atoms with Crippen molar-refractivity contribution < 1.29 is 32.3 Å². The number of imide groups is 1. The summed E-state index contributed by atoms with van der Waals surface area (Å²) in [6.07, 6.45) is 2.70. The van der Waals surface area contributed by atoms with Crippen molar-refractivity contribution in [3.63, 3.8) is 0 Å². The molecule has 3 amide bonds. The average molecular weight is 622 g/mol. The Bertz CT molecular complexity index is 1340. The summed E-state index contributed by atoms with van der Waals surface area (Å²) in [6, 6.07) is 5.36. The van der Waals surface area contributed by atoms with Crippen LogP contribution in [0.5, 0.6) is 11.5 Å². The number of nitrogens with zero attached hydrogens (tertiary/aromatic N) is 1. The first-order chi connectivity index (χ1) is 18.1. The molecule has 1 aromatic carbocycles. The second kappa shape index (κ2) is 12.7. The first kappa shape index (κ1) is 31.0. The van der Waals surface area contributed by atoms with Gasteiger partial charge in [0, 0.05) is 25.6 Å². The van der Waals surface area contributed by atoms with Crippen LogP contribution in [0.15, 0.2) is 28.5 Å². The summed E-state index contributed by atoms with van der Waals surface area (Å²) in [4.78, 5) is 38.9. The van der Waals surface area contributed by atoms with Crippen LogP contribution in [0.3, 0.4) is 0 Å². The van der Waals surface area contributed by atoms with E-state index in [0.29, 0.717) is 36.7 Å². The molecule has 0 radical (unpaired) electrons. The highest BCUT2D eigenvalue weighted by atomic mass is 35.5. The highest BCUT2D eigenvalue weighted by Crippen LogP contribution is 2.36. The number of urea groups is 1. The smallest absolute Gasteiger partial charge is 0.322 e. The summed E-state index contributed by atoms with van der Waals surface area (Å²) in [6.45, 7) is 2.10. The Morgan fingerprint density at radius 2 is 1.82 bits per heavy atom. The van der Waals surface area contributed by atoms with Crippen LogP contribution in [0.25, 0.3) is 0 Å². The lowest BCUT2D eigenvalue weighted by Gasteiger charge is -2.36. The number of amides is 3. The molecule has 11 nitrogen and oxygen atoms in total. The first-order valence-corrected chi connectivity index (χ1v) is 14.7. The SMILES string of the molecule is COc1cc(OC)c(C(=O)CCCCN2CCC3(CC2)NC(=O)NC3=O)cc1NS(=O)(=O)c1ccc(Cl)s1.Cl. The van der Waals surface area contributed by atoms with E-state index in [1.54, 1.807) is 0 Å². The largest absolute Gasteiger partial charge is 0.496 e. The molecule has 0 saturated carbocycles. The molecule has 1 spiro atoms. The van der Waals surface area contributed by atoms with Gasteiger partial charge in [-0.25, -0.2) is 13.2 Å². The minimum Gasteiger partial charge on any atom is -0.496 e. The molecule has 0 atom stereocenters. The van der Waals surface area contributed by atoms with E-state index in [1.807, 2.05) is 0 Å². The second-order valence-corrected chi connectivity index (χ2v) is 12.8. The minimum absolute atomic E-state index is 0. The van der Waals surface area contributed by atoms with Crippen LogP contribution in [0, 0.1) is 0 Å². The summed E-state index contributed by atoms with van der Waals surface area (Å²) < 4.78 is 39.2. The van der Waals surface area contributed by atoms with Gasteiger partial charge >= 0.3 is 6.03 Å². The predicted octanol–water partition coefficient (Wildman–Crippen LogP) is 3.67. The molecule has 214 valence electrons. The van der Waals surface area contributed by atoms with Gasteiger partial charge in [0.15, 0.2) is 5.78 Å². The molecule has 0 bridgehead atoms. The van der Waals surface area contributed by atoms with E-state index < -0.39 is 21.6 Å². The number of likely N-dealkylation sites (tertiary alicyclic amines) is 1. The zero-order valence-electron chi connectivity index (χ0n) is 21.4. The number of rotatable bonds is 11. The van der Waals surface area contributed by atoms with Crippen molar-refractivity contribution >= 4 is 68.8 Å². The van der Waals surface area contributed by atoms with Crippen molar-refractivity contribution in [3.8, 4) is 11.5 Å². The minimum atomic E-state index is -3.94. The Morgan fingerprint density at radius 3 is 2.38 bits per heavy atom. The van der Waals surface area contributed by atoms with Gasteiger partial charge in [-0.1, -0.05) is 11.6 Å². The maximum atomic E-state index is 13.1. The number of carbonyl (C=O) groups excluding carboxylic acids is 3. The number of carbonyl (C=O) groups is 3. The molecular weight excluding hydrogens is 591 g/mol. The van der Waals surface area contributed by atoms with Crippen molar-refractivity contribution in [3.05, 3.63) is 34.2 Å². The molecule has 0 aliphatic carbocycles. The van der Waals surface area contributed by atoms with E-state index in [1.165, 1.54) is 38.5 Å². The highest BCUT2D eigenvalue weighted by molar-refractivity contribution is 7.94. The molecule has 0 unspecified atom stereocenters. The summed E-state index contributed by atoms with van der Waals surface area (Å²) in [5.41, 5.74) is -0.437. The Labute approximate surface area is 242 Å². The molecule has 2 aromatic rings. The number of unbranched alkanes of at least 4 members (excludes halogenated alkanes) is 1. The number of thiophene rings is 1. The maximum absolute atomic E-state index is 13.1. The van der Waals surface area contributed by atoms with Crippen LogP contribution >= 0.6 is 35.3 Å². The Morgan fingerprint density at radius 1 is 1.13 bits per heavy atom. The second-order valence-electron chi connectivity index (χ2n) is 9.13. The lowest BCUT2D eigenvalue weighted by molar-refractivity contribution is -0.125. The molecule has 3 N–H and O–H groups in total. The van der Waals surface area contributed by atoms with E-state index in [2.05, 4.69) is 20.3 Å². The van der Waals surface area contributed by atoms with E-state index >= 15 is 0 Å². The third kappa shape index (κ3) is 6.95. The number of hydrogen-bond donors (Lipinski definition) is 3. The molecule has 2 aliphatic heterocycles. The van der Waals surface area contributed by atoms with Crippen molar-refractivity contribution in [2.75, 3.05) is 38.6 Å². The van der Waals surface area contributed by atoms with Crippen molar-refractivity contribution in [1.82, 2.24) is 15.5 Å². The zero-order chi connectivity index (χ0) is 27.5. The number of ketones is 1. The monoisotopic (exact) mass is 620 g/mol. The Kier molecular flexibility index (Phi) is 10.1. The summed E-state index contributed by atoms with van der Waals surface area (Å²) in [5.74, 6) is 0.0425. The fourth-order valence-electron chi connectivity index (χ4n) is 4.63. The quantitative estimate of drug-likeness (QED) is 0.196. The van der Waals surface area contributed by atoms with Gasteiger partial charge in [-0.2, -0.15) is 0 Å². The van der Waals surface area contributed by atoms with Crippen LogP contribution in [-0.2, 0) is 14.8 Å². The van der Waals surface area contributed by atoms with Gasteiger partial charge in [-0.15, -0.1) is 23.7 Å². The van der Waals surface area contributed by atoms with Gasteiger partial charge < -0.3 is 19.7 Å². The Balaban J connectivity index is 0.00000420. The van der Waals surface area contributed by atoms with Crippen molar-refractivity contribution in [2.45, 2.75) is 41.9 Å². The van der Waals surface area contributed by atoms with Crippen molar-refractivity contribution in [1.29, 1.82) is 0 Å². The molecule has 39 heavy (non-hydrogen) atoms. The lowest BCUT2D eigenvalue weighted by Crippen LogP contribution is -2.54. The van der Waals surface area contributed by atoms with Gasteiger partial charge in [0.05, 0.1) is 29.8 Å². The summed E-state index contributed by atoms with van der Waals surface area (Å²) in [5, 5.41) is 5.06. The number of sulfonamides is 1. The third-order valence-electron chi connectivity index (χ3n) is 6.73. The van der Waals surface area contributed by atoms with E-state index in [9.17, 15) is 22.8 Å². The molecule has 15 heteroatoms. The average Bonchev–Trinajstić information content (AvgIpc) is 3.45. The normalized spacial score (nSPS) is 16.8. The van der Waals surface area contributed by atoms with Gasteiger partial charge in [-0.3, -0.25) is 19.6 Å². The number of benzene rings is 1. The zero-order valence-corrected chi connectivity index (χ0v) is 24.6. The van der Waals surface area contributed by atoms with E-state index in [0.717, 1.165) is 24.3 Å². The lowest BCUT2D eigenvalue weighted by atomic mass is 9.87. The number of halogens is 2. The predicted molar refractivity (Wildman–Crippen MR) is 150 cm³/mol. The summed E-state index contributed by atoms with van der Waals surface area (Å²) >= 11 is 6.81. The van der Waals surface area contributed by atoms with Gasteiger partial charge in [-0.05, 0) is 50.4 Å². The Hall–Kier alpha value is -2.58. The van der Waals surface area contributed by atoms with Crippen LogP contribution < -0.4 is 24.8 Å². The summed E-state index contributed by atoms with van der Waals surface area (Å²) in [7, 11) is -1.11. The van der Waals surface area contributed by atoms with Crippen LogP contribution in [0.1, 0.15) is 42.5 Å². The van der Waals surface area contributed by atoms with Crippen molar-refractivity contribution in [2.24, 2.45) is 0 Å². The standard InChI is InChI=1S/C24H29ClN4O7S2.ClH/c1-35-18-14-19(36-2)16(28-38(33,34)21-7-6-20(25)37-21)13-15(18)17(30)5-3-4-10-29-11-8-24(9-12-29)22(31)26-23(32)27-24;/h6-7,13-14,28H,3-5,8-12H2,1-2H3,(H2,26,27,31,32);1H. The fourth-order valence-corrected chi connectivity index (χ4v) is 7.17. The van der Waals surface area contributed by atoms with Crippen LogP contribution in [0.2, 0.25) is 4.34 Å². The maximum Gasteiger partial charge on any atom is 0.322 e. The number of nitrogens with one attached hydrogen (secondary N) is 3. The first-order valence-electron chi connectivity index (χ1n) is 12.0. The number of ether oxygens (including phenoxy) is 2. The number of piperidine rings is 1. The topological polar surface area (TPSA) is 143 Å².